The summed E-state index contributed by atoms with van der Waals surface area (Å²) in [4.78, 5) is 4.54. The number of guanidine groups is 1. The van der Waals surface area contributed by atoms with E-state index in [0.29, 0.717) is 18.5 Å². The van der Waals surface area contributed by atoms with Gasteiger partial charge >= 0.3 is 0 Å². The Morgan fingerprint density at radius 2 is 2.05 bits per heavy atom. The minimum absolute atomic E-state index is 0.238. The fourth-order valence-electron chi connectivity index (χ4n) is 2.61. The van der Waals surface area contributed by atoms with Crippen molar-refractivity contribution in [2.45, 2.75) is 49.6 Å². The van der Waals surface area contributed by atoms with Crippen molar-refractivity contribution in [1.82, 2.24) is 10.0 Å². The Morgan fingerprint density at radius 1 is 1.32 bits per heavy atom. The first-order valence-corrected chi connectivity index (χ1v) is 9.08. The standard InChI is InChI=1S/C15H24N4O2S/c1-17-22(20,21)14-9-5-6-12(10-14)11-18-15(16)19-13-7-3-2-4-8-13/h5-6,9-10,13,17H,2-4,7-8,11H2,1H3,(H3,16,18,19). The highest BCUT2D eigenvalue weighted by Gasteiger charge is 2.13. The molecule has 0 bridgehead atoms. The first kappa shape index (κ1) is 16.8. The molecule has 1 saturated carbocycles. The predicted octanol–water partition coefficient (Wildman–Crippen LogP) is 1.33. The number of aliphatic imine (C=N–C) groups is 1. The third-order valence-electron chi connectivity index (χ3n) is 3.87. The fraction of sp³-hybridized carbons (Fsp3) is 0.533. The lowest BCUT2D eigenvalue weighted by molar-refractivity contribution is 0.412. The molecule has 1 aliphatic carbocycles. The number of rotatable bonds is 5. The normalized spacial score (nSPS) is 17.4. The van der Waals surface area contributed by atoms with Crippen molar-refractivity contribution in [2.75, 3.05) is 7.05 Å². The van der Waals surface area contributed by atoms with E-state index in [-0.39, 0.29) is 4.90 Å². The molecule has 122 valence electrons. The van der Waals surface area contributed by atoms with Crippen molar-refractivity contribution >= 4 is 16.0 Å². The van der Waals surface area contributed by atoms with E-state index >= 15 is 0 Å². The Morgan fingerprint density at radius 3 is 2.73 bits per heavy atom. The van der Waals surface area contributed by atoms with Gasteiger partial charge < -0.3 is 11.1 Å². The molecule has 1 aromatic carbocycles. The van der Waals surface area contributed by atoms with Crippen LogP contribution in [0.4, 0.5) is 0 Å². The van der Waals surface area contributed by atoms with E-state index in [1.54, 1.807) is 18.2 Å². The van der Waals surface area contributed by atoms with Crippen LogP contribution in [-0.4, -0.2) is 27.5 Å². The second-order valence-corrected chi connectivity index (χ2v) is 7.42. The lowest BCUT2D eigenvalue weighted by atomic mass is 9.96. The molecule has 0 aromatic heterocycles. The molecule has 0 atom stereocenters. The minimum Gasteiger partial charge on any atom is -0.370 e. The number of hydrogen-bond donors (Lipinski definition) is 3. The van der Waals surface area contributed by atoms with Crippen LogP contribution in [0.2, 0.25) is 0 Å². The number of nitrogens with two attached hydrogens (primary N) is 1. The molecule has 0 saturated heterocycles. The van der Waals surface area contributed by atoms with Crippen molar-refractivity contribution in [3.05, 3.63) is 29.8 Å². The van der Waals surface area contributed by atoms with Gasteiger partial charge in [0, 0.05) is 6.04 Å². The van der Waals surface area contributed by atoms with Gasteiger partial charge in [-0.1, -0.05) is 31.4 Å². The highest BCUT2D eigenvalue weighted by atomic mass is 32.2. The topological polar surface area (TPSA) is 96.6 Å². The maximum atomic E-state index is 11.8. The van der Waals surface area contributed by atoms with Crippen LogP contribution in [0.5, 0.6) is 0 Å². The quantitative estimate of drug-likeness (QED) is 0.562. The highest BCUT2D eigenvalue weighted by Crippen LogP contribution is 2.17. The molecule has 1 aliphatic rings. The average molecular weight is 324 g/mol. The summed E-state index contributed by atoms with van der Waals surface area (Å²) in [6.45, 7) is 0.360. The van der Waals surface area contributed by atoms with Gasteiger partial charge in [-0.3, -0.25) is 0 Å². The smallest absolute Gasteiger partial charge is 0.240 e. The third kappa shape index (κ3) is 4.71. The summed E-state index contributed by atoms with van der Waals surface area (Å²) in [5.74, 6) is 0.425. The second-order valence-electron chi connectivity index (χ2n) is 5.54. The molecule has 22 heavy (non-hydrogen) atoms. The Balaban J connectivity index is 1.98. The molecule has 0 unspecified atom stereocenters. The van der Waals surface area contributed by atoms with Crippen LogP contribution in [-0.2, 0) is 16.6 Å². The lowest BCUT2D eigenvalue weighted by Crippen LogP contribution is -2.41. The molecular weight excluding hydrogens is 300 g/mol. The first-order chi connectivity index (χ1) is 10.5. The van der Waals surface area contributed by atoms with Gasteiger partial charge in [0.15, 0.2) is 5.96 Å². The van der Waals surface area contributed by atoms with E-state index in [4.69, 9.17) is 5.73 Å². The van der Waals surface area contributed by atoms with E-state index in [2.05, 4.69) is 15.0 Å². The molecule has 0 amide bonds. The molecule has 0 heterocycles. The molecular formula is C15H24N4O2S. The average Bonchev–Trinajstić information content (AvgIpc) is 2.54. The SMILES string of the molecule is CNS(=O)(=O)c1cccc(CN=C(N)NC2CCCCC2)c1. The largest absolute Gasteiger partial charge is 0.370 e. The molecule has 1 fully saturated rings. The Kier molecular flexibility index (Phi) is 5.79. The van der Waals surface area contributed by atoms with Crippen molar-refractivity contribution in [2.24, 2.45) is 10.7 Å². The molecule has 2 rings (SSSR count). The second kappa shape index (κ2) is 7.60. The zero-order valence-corrected chi connectivity index (χ0v) is 13.7. The molecule has 1 aromatic rings. The number of sulfonamides is 1. The molecule has 0 radical (unpaired) electrons. The fourth-order valence-corrected chi connectivity index (χ4v) is 3.41. The summed E-state index contributed by atoms with van der Waals surface area (Å²) in [5.41, 5.74) is 6.72. The van der Waals surface area contributed by atoms with Crippen molar-refractivity contribution < 1.29 is 8.42 Å². The van der Waals surface area contributed by atoms with Gasteiger partial charge in [-0.2, -0.15) is 0 Å². The summed E-state index contributed by atoms with van der Waals surface area (Å²) in [7, 11) is -2.03. The summed E-state index contributed by atoms with van der Waals surface area (Å²) >= 11 is 0. The molecule has 4 N–H and O–H groups in total. The van der Waals surface area contributed by atoms with Gasteiger partial charge in [-0.25, -0.2) is 18.1 Å². The van der Waals surface area contributed by atoms with Crippen LogP contribution in [0, 0.1) is 0 Å². The number of benzene rings is 1. The summed E-state index contributed by atoms with van der Waals surface area (Å²) in [6.07, 6.45) is 6.02. The van der Waals surface area contributed by atoms with E-state index in [1.807, 2.05) is 6.07 Å². The molecule has 6 nitrogen and oxygen atoms in total. The Hall–Kier alpha value is -1.60. The highest BCUT2D eigenvalue weighted by molar-refractivity contribution is 7.89. The number of nitrogens with one attached hydrogen (secondary N) is 2. The van der Waals surface area contributed by atoms with Crippen molar-refractivity contribution in [3.63, 3.8) is 0 Å². The number of nitrogens with zero attached hydrogens (tertiary/aromatic N) is 1. The zero-order chi connectivity index (χ0) is 16.0. The van der Waals surface area contributed by atoms with Gasteiger partial charge in [-0.05, 0) is 37.6 Å². The van der Waals surface area contributed by atoms with Gasteiger partial charge in [0.1, 0.15) is 0 Å². The molecule has 7 heteroatoms. The Bertz CT molecular complexity index is 622. The lowest BCUT2D eigenvalue weighted by Gasteiger charge is -2.23. The van der Waals surface area contributed by atoms with E-state index in [1.165, 1.54) is 26.3 Å². The molecule has 0 aliphatic heterocycles. The van der Waals surface area contributed by atoms with Crippen molar-refractivity contribution in [1.29, 1.82) is 0 Å². The van der Waals surface area contributed by atoms with Gasteiger partial charge in [0.2, 0.25) is 10.0 Å². The zero-order valence-electron chi connectivity index (χ0n) is 12.9. The van der Waals surface area contributed by atoms with E-state index < -0.39 is 10.0 Å². The van der Waals surface area contributed by atoms with Crippen LogP contribution in [0.3, 0.4) is 0 Å². The van der Waals surface area contributed by atoms with Gasteiger partial charge in [0.05, 0.1) is 11.4 Å². The predicted molar refractivity (Wildman–Crippen MR) is 88.0 cm³/mol. The summed E-state index contributed by atoms with van der Waals surface area (Å²) in [5, 5.41) is 3.24. The van der Waals surface area contributed by atoms with Crippen molar-refractivity contribution in [3.8, 4) is 0 Å². The maximum Gasteiger partial charge on any atom is 0.240 e. The van der Waals surface area contributed by atoms with E-state index in [0.717, 1.165) is 18.4 Å². The third-order valence-corrected chi connectivity index (χ3v) is 5.28. The van der Waals surface area contributed by atoms with Crippen LogP contribution < -0.4 is 15.8 Å². The van der Waals surface area contributed by atoms with Gasteiger partial charge in [-0.15, -0.1) is 0 Å². The Labute approximate surface area is 132 Å². The maximum absolute atomic E-state index is 11.8. The monoisotopic (exact) mass is 324 g/mol. The van der Waals surface area contributed by atoms with Crippen LogP contribution in [0.1, 0.15) is 37.7 Å². The number of hydrogen-bond acceptors (Lipinski definition) is 3. The van der Waals surface area contributed by atoms with Crippen LogP contribution >= 0.6 is 0 Å². The van der Waals surface area contributed by atoms with Crippen LogP contribution in [0.15, 0.2) is 34.2 Å². The first-order valence-electron chi connectivity index (χ1n) is 7.60. The molecule has 0 spiro atoms. The minimum atomic E-state index is -3.43. The van der Waals surface area contributed by atoms with Gasteiger partial charge in [0.25, 0.3) is 0 Å². The van der Waals surface area contributed by atoms with Crippen LogP contribution in [0.25, 0.3) is 0 Å². The van der Waals surface area contributed by atoms with E-state index in [9.17, 15) is 8.42 Å². The summed E-state index contributed by atoms with van der Waals surface area (Å²) in [6, 6.07) is 7.13. The summed E-state index contributed by atoms with van der Waals surface area (Å²) < 4.78 is 25.8.